The lowest BCUT2D eigenvalue weighted by Gasteiger charge is -2.07. The number of hydrogen-bond acceptors (Lipinski definition) is 4. The van der Waals surface area contributed by atoms with Crippen LogP contribution in [0.2, 0.25) is 0 Å². The van der Waals surface area contributed by atoms with Crippen LogP contribution in [-0.4, -0.2) is 24.2 Å². The summed E-state index contributed by atoms with van der Waals surface area (Å²) >= 11 is 0. The molecule has 94 valence electrons. The number of benzene rings is 1. The first-order valence-corrected chi connectivity index (χ1v) is 5.37. The molecule has 0 aliphatic carbocycles. The number of halogens is 1. The van der Waals surface area contributed by atoms with E-state index in [1.165, 1.54) is 7.11 Å². The molecular formula is C13H13FN2O2. The van der Waals surface area contributed by atoms with E-state index in [1.54, 1.807) is 7.11 Å². The molecule has 4 nitrogen and oxygen atoms in total. The number of methoxy groups -OCH3 is 2. The molecular weight excluding hydrogens is 235 g/mol. The van der Waals surface area contributed by atoms with Crippen molar-refractivity contribution in [2.75, 3.05) is 14.2 Å². The van der Waals surface area contributed by atoms with Crippen LogP contribution in [0.4, 0.5) is 4.39 Å². The van der Waals surface area contributed by atoms with Crippen LogP contribution >= 0.6 is 0 Å². The summed E-state index contributed by atoms with van der Waals surface area (Å²) < 4.78 is 23.2. The molecule has 0 bridgehead atoms. The topological polar surface area (TPSA) is 44.2 Å². The van der Waals surface area contributed by atoms with Crippen LogP contribution in [0.25, 0.3) is 11.4 Å². The second kappa shape index (κ2) is 5.00. The predicted molar refractivity (Wildman–Crippen MR) is 65.3 cm³/mol. The number of aryl methyl sites for hydroxylation is 1. The van der Waals surface area contributed by atoms with E-state index in [4.69, 9.17) is 9.47 Å². The minimum Gasteiger partial charge on any atom is -0.496 e. The Hall–Kier alpha value is -2.17. The Morgan fingerprint density at radius 1 is 1.17 bits per heavy atom. The van der Waals surface area contributed by atoms with Gasteiger partial charge in [-0.15, -0.1) is 0 Å². The summed E-state index contributed by atoms with van der Waals surface area (Å²) in [6.45, 7) is 1.92. The van der Waals surface area contributed by atoms with Gasteiger partial charge in [-0.3, -0.25) is 0 Å². The van der Waals surface area contributed by atoms with E-state index in [-0.39, 0.29) is 5.88 Å². The standard InChI is InChI=1S/C13H13FN2O2/c1-8-6-9(4-5-11(8)17-2)12-15-7-10(14)13(16-12)18-3/h4-7H,1-3H3. The molecule has 0 radical (unpaired) electrons. The summed E-state index contributed by atoms with van der Waals surface area (Å²) in [6.07, 6.45) is 1.10. The first-order chi connectivity index (χ1) is 8.65. The fraction of sp³-hybridized carbons (Fsp3) is 0.231. The molecule has 0 unspecified atom stereocenters. The Labute approximate surface area is 104 Å². The van der Waals surface area contributed by atoms with Crippen molar-refractivity contribution in [1.29, 1.82) is 0 Å². The van der Waals surface area contributed by atoms with Gasteiger partial charge in [0, 0.05) is 5.56 Å². The molecule has 2 rings (SSSR count). The highest BCUT2D eigenvalue weighted by Crippen LogP contribution is 2.25. The van der Waals surface area contributed by atoms with Gasteiger partial charge in [0.15, 0.2) is 5.82 Å². The highest BCUT2D eigenvalue weighted by molar-refractivity contribution is 5.58. The second-order valence-electron chi connectivity index (χ2n) is 3.74. The lowest BCUT2D eigenvalue weighted by Crippen LogP contribution is -1.97. The molecule has 18 heavy (non-hydrogen) atoms. The third-order valence-corrected chi connectivity index (χ3v) is 2.56. The highest BCUT2D eigenvalue weighted by atomic mass is 19.1. The Kier molecular flexibility index (Phi) is 3.41. The van der Waals surface area contributed by atoms with Crippen LogP contribution in [0.1, 0.15) is 5.56 Å². The summed E-state index contributed by atoms with van der Waals surface area (Å²) in [4.78, 5) is 7.96. The van der Waals surface area contributed by atoms with E-state index in [9.17, 15) is 4.39 Å². The van der Waals surface area contributed by atoms with Crippen molar-refractivity contribution in [1.82, 2.24) is 9.97 Å². The maximum absolute atomic E-state index is 13.2. The zero-order chi connectivity index (χ0) is 13.1. The third kappa shape index (κ3) is 2.25. The van der Waals surface area contributed by atoms with Crippen molar-refractivity contribution in [2.45, 2.75) is 6.92 Å². The number of hydrogen-bond donors (Lipinski definition) is 0. The maximum atomic E-state index is 13.2. The smallest absolute Gasteiger partial charge is 0.253 e. The van der Waals surface area contributed by atoms with E-state index in [0.29, 0.717) is 5.82 Å². The molecule has 0 amide bonds. The van der Waals surface area contributed by atoms with Crippen molar-refractivity contribution in [3.8, 4) is 23.0 Å². The van der Waals surface area contributed by atoms with E-state index in [2.05, 4.69) is 9.97 Å². The van der Waals surface area contributed by atoms with Gasteiger partial charge in [-0.2, -0.15) is 9.37 Å². The number of rotatable bonds is 3. The molecule has 0 saturated carbocycles. The largest absolute Gasteiger partial charge is 0.496 e. The van der Waals surface area contributed by atoms with Gasteiger partial charge in [0.1, 0.15) is 5.75 Å². The number of aromatic nitrogens is 2. The van der Waals surface area contributed by atoms with Crippen molar-refractivity contribution in [2.24, 2.45) is 0 Å². The van der Waals surface area contributed by atoms with Gasteiger partial charge in [-0.1, -0.05) is 0 Å². The average molecular weight is 248 g/mol. The molecule has 0 spiro atoms. The minimum atomic E-state index is -0.577. The fourth-order valence-electron chi connectivity index (χ4n) is 1.65. The molecule has 0 aliphatic heterocycles. The molecule has 0 N–H and O–H groups in total. The van der Waals surface area contributed by atoms with Crippen LogP contribution in [0.15, 0.2) is 24.4 Å². The lowest BCUT2D eigenvalue weighted by molar-refractivity contribution is 0.367. The summed E-state index contributed by atoms with van der Waals surface area (Å²) in [6, 6.07) is 5.52. The molecule has 1 aromatic heterocycles. The van der Waals surface area contributed by atoms with Crippen molar-refractivity contribution < 1.29 is 13.9 Å². The van der Waals surface area contributed by atoms with Crippen LogP contribution in [0.5, 0.6) is 11.6 Å². The third-order valence-electron chi connectivity index (χ3n) is 2.56. The first kappa shape index (κ1) is 12.3. The van der Waals surface area contributed by atoms with E-state index >= 15 is 0 Å². The SMILES string of the molecule is COc1ccc(-c2ncc(F)c(OC)n2)cc1C. The first-order valence-electron chi connectivity index (χ1n) is 5.37. The second-order valence-corrected chi connectivity index (χ2v) is 3.74. The Bertz CT molecular complexity index is 573. The van der Waals surface area contributed by atoms with Crippen LogP contribution < -0.4 is 9.47 Å². The van der Waals surface area contributed by atoms with Gasteiger partial charge in [0.2, 0.25) is 5.82 Å². The van der Waals surface area contributed by atoms with E-state index in [1.807, 2.05) is 25.1 Å². The highest BCUT2D eigenvalue weighted by Gasteiger charge is 2.09. The lowest BCUT2D eigenvalue weighted by atomic mass is 10.1. The number of ether oxygens (including phenoxy) is 2. The maximum Gasteiger partial charge on any atom is 0.253 e. The fourth-order valence-corrected chi connectivity index (χ4v) is 1.65. The Morgan fingerprint density at radius 2 is 1.94 bits per heavy atom. The zero-order valence-corrected chi connectivity index (χ0v) is 10.4. The molecule has 1 aromatic carbocycles. The van der Waals surface area contributed by atoms with Crippen LogP contribution in [0.3, 0.4) is 0 Å². The van der Waals surface area contributed by atoms with E-state index < -0.39 is 5.82 Å². The minimum absolute atomic E-state index is 0.0616. The van der Waals surface area contributed by atoms with Gasteiger partial charge in [0.25, 0.3) is 5.88 Å². The molecule has 0 atom stereocenters. The number of nitrogens with zero attached hydrogens (tertiary/aromatic N) is 2. The molecule has 0 fully saturated rings. The molecule has 0 saturated heterocycles. The predicted octanol–water partition coefficient (Wildman–Crippen LogP) is 2.61. The van der Waals surface area contributed by atoms with Gasteiger partial charge in [-0.25, -0.2) is 4.98 Å². The Morgan fingerprint density at radius 3 is 2.56 bits per heavy atom. The molecule has 2 aromatic rings. The molecule has 1 heterocycles. The monoisotopic (exact) mass is 248 g/mol. The van der Waals surface area contributed by atoms with Crippen molar-refractivity contribution in [3.05, 3.63) is 35.8 Å². The normalized spacial score (nSPS) is 10.2. The Balaban J connectivity index is 2.45. The van der Waals surface area contributed by atoms with Gasteiger partial charge < -0.3 is 9.47 Å². The summed E-state index contributed by atoms with van der Waals surface area (Å²) in [7, 11) is 2.98. The zero-order valence-electron chi connectivity index (χ0n) is 10.4. The van der Waals surface area contributed by atoms with Gasteiger partial charge in [-0.05, 0) is 30.7 Å². The van der Waals surface area contributed by atoms with E-state index in [0.717, 1.165) is 23.1 Å². The summed E-state index contributed by atoms with van der Waals surface area (Å²) in [5.41, 5.74) is 1.74. The average Bonchev–Trinajstić information content (AvgIpc) is 2.39. The molecule has 0 aliphatic rings. The summed E-state index contributed by atoms with van der Waals surface area (Å²) in [5, 5.41) is 0. The summed E-state index contributed by atoms with van der Waals surface area (Å²) in [5.74, 6) is 0.562. The quantitative estimate of drug-likeness (QED) is 0.837. The van der Waals surface area contributed by atoms with Crippen LogP contribution in [-0.2, 0) is 0 Å². The molecule has 5 heteroatoms. The van der Waals surface area contributed by atoms with Gasteiger partial charge in [0.05, 0.1) is 20.4 Å². The van der Waals surface area contributed by atoms with Crippen molar-refractivity contribution in [3.63, 3.8) is 0 Å². The van der Waals surface area contributed by atoms with Gasteiger partial charge >= 0.3 is 0 Å². The van der Waals surface area contributed by atoms with Crippen LogP contribution in [0, 0.1) is 12.7 Å². The van der Waals surface area contributed by atoms with Crippen molar-refractivity contribution >= 4 is 0 Å².